The van der Waals surface area contributed by atoms with Crippen molar-refractivity contribution in [3.05, 3.63) is 22.2 Å². The summed E-state index contributed by atoms with van der Waals surface area (Å²) in [5.74, 6) is -1.04. The Hall–Kier alpha value is -1.40. The van der Waals surface area contributed by atoms with E-state index in [0.29, 0.717) is 11.3 Å². The molecule has 2 aliphatic heterocycles. The Labute approximate surface area is 125 Å². The lowest BCUT2D eigenvalue weighted by Gasteiger charge is -2.24. The van der Waals surface area contributed by atoms with Gasteiger partial charge in [-0.15, -0.1) is 0 Å². The number of halogens is 1. The number of likely N-dealkylation sites (N-methyl/N-ethyl adjacent to an activating group) is 1. The summed E-state index contributed by atoms with van der Waals surface area (Å²) in [6, 6.07) is 3.54. The van der Waals surface area contributed by atoms with Gasteiger partial charge < -0.3 is 15.0 Å². The zero-order valence-electron chi connectivity index (χ0n) is 11.1. The second kappa shape index (κ2) is 5.18. The number of ether oxygens (including phenoxy) is 1. The first-order valence-electron chi connectivity index (χ1n) is 6.58. The Morgan fingerprint density at radius 1 is 1.45 bits per heavy atom. The van der Waals surface area contributed by atoms with Crippen molar-refractivity contribution in [2.75, 3.05) is 30.4 Å². The van der Waals surface area contributed by atoms with Crippen LogP contribution in [-0.2, 0) is 9.53 Å². The normalized spacial score (nSPS) is 21.0. The number of carbonyl (C=O) groups excluding carboxylic acids is 2. The summed E-state index contributed by atoms with van der Waals surface area (Å²) >= 11 is 3.47. The third-order valence-electron chi connectivity index (χ3n) is 3.70. The van der Waals surface area contributed by atoms with E-state index in [0.717, 1.165) is 36.2 Å². The Balaban J connectivity index is 1.85. The molecular weight excluding hydrogens is 324 g/mol. The van der Waals surface area contributed by atoms with Gasteiger partial charge in [0.2, 0.25) is 0 Å². The molecule has 3 rings (SSSR count). The number of amides is 1. The average molecular weight is 339 g/mol. The highest BCUT2D eigenvalue weighted by Crippen LogP contribution is 2.35. The van der Waals surface area contributed by atoms with Crippen LogP contribution in [0.1, 0.15) is 23.2 Å². The molecule has 2 aliphatic rings. The van der Waals surface area contributed by atoms with Crippen molar-refractivity contribution in [3.63, 3.8) is 0 Å². The van der Waals surface area contributed by atoms with E-state index >= 15 is 0 Å². The molecule has 2 heterocycles. The van der Waals surface area contributed by atoms with Gasteiger partial charge in [-0.2, -0.15) is 0 Å². The molecule has 1 aromatic rings. The number of hydrogen-bond donors (Lipinski definition) is 1. The third-order valence-corrected chi connectivity index (χ3v) is 4.33. The summed E-state index contributed by atoms with van der Waals surface area (Å²) in [4.78, 5) is 25.1. The molecule has 0 bridgehead atoms. The number of nitrogens with zero attached hydrogens (tertiary/aromatic N) is 1. The van der Waals surface area contributed by atoms with Crippen LogP contribution in [-0.4, -0.2) is 38.0 Å². The zero-order chi connectivity index (χ0) is 14.3. The fourth-order valence-electron chi connectivity index (χ4n) is 2.64. The molecule has 0 spiro atoms. The van der Waals surface area contributed by atoms with E-state index in [9.17, 15) is 9.59 Å². The number of fused-ring (bicyclic) bond motifs is 1. The molecular formula is C14H15BrN2O3. The van der Waals surface area contributed by atoms with Crippen molar-refractivity contribution in [2.45, 2.75) is 18.9 Å². The standard InChI is InChI=1S/C14H15BrN2O3/c1-17(7-8-3-2-4-20-8)12-6-11-9(5-10(12)15)13(18)14(19)16-11/h5-6,8H,2-4,7H2,1H3,(H,16,18,19). The molecule has 1 unspecified atom stereocenters. The van der Waals surface area contributed by atoms with E-state index in [-0.39, 0.29) is 6.10 Å². The highest BCUT2D eigenvalue weighted by Gasteiger charge is 2.29. The topological polar surface area (TPSA) is 58.6 Å². The minimum Gasteiger partial charge on any atom is -0.376 e. The van der Waals surface area contributed by atoms with Gasteiger partial charge in [-0.05, 0) is 40.9 Å². The van der Waals surface area contributed by atoms with Gasteiger partial charge in [0.25, 0.3) is 11.7 Å². The van der Waals surface area contributed by atoms with Crippen molar-refractivity contribution in [2.24, 2.45) is 0 Å². The van der Waals surface area contributed by atoms with Crippen LogP contribution in [0.5, 0.6) is 0 Å². The zero-order valence-corrected chi connectivity index (χ0v) is 12.7. The fraction of sp³-hybridized carbons (Fsp3) is 0.429. The first-order valence-corrected chi connectivity index (χ1v) is 7.37. The number of rotatable bonds is 3. The van der Waals surface area contributed by atoms with Crippen LogP contribution >= 0.6 is 15.9 Å². The van der Waals surface area contributed by atoms with Crippen LogP contribution in [0.3, 0.4) is 0 Å². The number of hydrogen-bond acceptors (Lipinski definition) is 4. The SMILES string of the molecule is CN(CC1CCCO1)c1cc2c(cc1Br)C(=O)C(=O)N2. The Kier molecular flexibility index (Phi) is 3.52. The van der Waals surface area contributed by atoms with Crippen molar-refractivity contribution in [3.8, 4) is 0 Å². The van der Waals surface area contributed by atoms with Crippen molar-refractivity contribution < 1.29 is 14.3 Å². The summed E-state index contributed by atoms with van der Waals surface area (Å²) in [7, 11) is 1.98. The number of benzene rings is 1. The average Bonchev–Trinajstić information content (AvgIpc) is 3.00. The van der Waals surface area contributed by atoms with Crippen LogP contribution in [0.15, 0.2) is 16.6 Å². The van der Waals surface area contributed by atoms with Crippen LogP contribution in [0.4, 0.5) is 11.4 Å². The minimum absolute atomic E-state index is 0.247. The number of nitrogens with one attached hydrogen (secondary N) is 1. The lowest BCUT2D eigenvalue weighted by atomic mass is 10.1. The molecule has 1 amide bonds. The van der Waals surface area contributed by atoms with Gasteiger partial charge in [0, 0.05) is 24.7 Å². The predicted octanol–water partition coefficient (Wildman–Crippen LogP) is 2.20. The van der Waals surface area contributed by atoms with Gasteiger partial charge >= 0.3 is 0 Å². The molecule has 6 heteroatoms. The Morgan fingerprint density at radius 3 is 2.95 bits per heavy atom. The monoisotopic (exact) mass is 338 g/mol. The molecule has 1 atom stereocenters. The first kappa shape index (κ1) is 13.6. The number of Topliss-reactive ketones (excluding diaryl/α,β-unsaturated/α-hetero) is 1. The summed E-state index contributed by atoms with van der Waals surface area (Å²) in [6.45, 7) is 1.62. The maximum Gasteiger partial charge on any atom is 0.296 e. The van der Waals surface area contributed by atoms with Crippen LogP contribution < -0.4 is 10.2 Å². The van der Waals surface area contributed by atoms with Gasteiger partial charge in [0.05, 0.1) is 23.0 Å². The summed E-state index contributed by atoms with van der Waals surface area (Å²) < 4.78 is 6.44. The van der Waals surface area contributed by atoms with Gasteiger partial charge in [0.15, 0.2) is 0 Å². The number of carbonyl (C=O) groups is 2. The molecule has 0 aliphatic carbocycles. The van der Waals surface area contributed by atoms with Gasteiger partial charge in [-0.25, -0.2) is 0 Å². The lowest BCUT2D eigenvalue weighted by molar-refractivity contribution is -0.112. The highest BCUT2D eigenvalue weighted by molar-refractivity contribution is 9.10. The van der Waals surface area contributed by atoms with Gasteiger partial charge in [-0.1, -0.05) is 0 Å². The molecule has 106 valence electrons. The number of anilines is 2. The third kappa shape index (κ3) is 2.33. The smallest absolute Gasteiger partial charge is 0.296 e. The van der Waals surface area contributed by atoms with Gasteiger partial charge in [-0.3, -0.25) is 9.59 Å². The maximum atomic E-state index is 11.6. The molecule has 0 saturated carbocycles. The second-order valence-electron chi connectivity index (χ2n) is 5.15. The van der Waals surface area contributed by atoms with Crippen molar-refractivity contribution >= 4 is 39.0 Å². The highest BCUT2D eigenvalue weighted by atomic mass is 79.9. The molecule has 1 aromatic carbocycles. The summed E-state index contributed by atoms with van der Waals surface area (Å²) in [5.41, 5.74) is 1.95. The van der Waals surface area contributed by atoms with E-state index in [2.05, 4.69) is 26.1 Å². The van der Waals surface area contributed by atoms with Gasteiger partial charge in [0.1, 0.15) is 0 Å². The Morgan fingerprint density at radius 2 is 2.25 bits per heavy atom. The van der Waals surface area contributed by atoms with Crippen LogP contribution in [0.2, 0.25) is 0 Å². The van der Waals surface area contributed by atoms with E-state index in [1.54, 1.807) is 6.07 Å². The predicted molar refractivity (Wildman–Crippen MR) is 79.3 cm³/mol. The fourth-order valence-corrected chi connectivity index (χ4v) is 3.29. The van der Waals surface area contributed by atoms with E-state index in [1.807, 2.05) is 13.1 Å². The molecule has 0 aromatic heterocycles. The van der Waals surface area contributed by atoms with Crippen molar-refractivity contribution in [1.29, 1.82) is 0 Å². The molecule has 5 nitrogen and oxygen atoms in total. The quantitative estimate of drug-likeness (QED) is 0.858. The largest absolute Gasteiger partial charge is 0.376 e. The Bertz CT molecular complexity index is 582. The lowest BCUT2D eigenvalue weighted by Crippen LogP contribution is -2.28. The van der Waals surface area contributed by atoms with E-state index in [4.69, 9.17) is 4.74 Å². The minimum atomic E-state index is -0.564. The molecule has 1 N–H and O–H groups in total. The second-order valence-corrected chi connectivity index (χ2v) is 6.00. The molecule has 20 heavy (non-hydrogen) atoms. The van der Waals surface area contributed by atoms with E-state index < -0.39 is 11.7 Å². The summed E-state index contributed by atoms with van der Waals surface area (Å²) in [5, 5.41) is 2.60. The van der Waals surface area contributed by atoms with Crippen LogP contribution in [0, 0.1) is 0 Å². The molecule has 0 radical (unpaired) electrons. The van der Waals surface area contributed by atoms with Crippen LogP contribution in [0.25, 0.3) is 0 Å². The number of ketones is 1. The maximum absolute atomic E-state index is 11.6. The van der Waals surface area contributed by atoms with E-state index in [1.165, 1.54) is 0 Å². The first-order chi connectivity index (χ1) is 9.56. The summed E-state index contributed by atoms with van der Waals surface area (Å²) in [6.07, 6.45) is 2.42. The van der Waals surface area contributed by atoms with Crippen molar-refractivity contribution in [1.82, 2.24) is 0 Å². The molecule has 1 saturated heterocycles. The molecule has 1 fully saturated rings.